The summed E-state index contributed by atoms with van der Waals surface area (Å²) in [5.74, 6) is -3.28. The highest BCUT2D eigenvalue weighted by molar-refractivity contribution is 6.31. The second-order valence-electron chi connectivity index (χ2n) is 11.4. The van der Waals surface area contributed by atoms with Crippen molar-refractivity contribution in [2.24, 2.45) is 11.7 Å². The zero-order chi connectivity index (χ0) is 32.7. The lowest BCUT2D eigenvalue weighted by Gasteiger charge is -2.38. The Kier molecular flexibility index (Phi) is 8.50. The van der Waals surface area contributed by atoms with Gasteiger partial charge in [-0.2, -0.15) is 0 Å². The van der Waals surface area contributed by atoms with E-state index in [9.17, 15) is 14.4 Å². The molecular weight excluding hydrogens is 630 g/mol. The van der Waals surface area contributed by atoms with Gasteiger partial charge >= 0.3 is 0 Å². The second kappa shape index (κ2) is 12.4. The van der Waals surface area contributed by atoms with Crippen molar-refractivity contribution in [1.82, 2.24) is 4.90 Å². The van der Waals surface area contributed by atoms with Crippen molar-refractivity contribution < 1.29 is 23.5 Å². The van der Waals surface area contributed by atoms with Gasteiger partial charge in [0, 0.05) is 53.6 Å². The number of benzene rings is 4. The molecule has 236 valence electrons. The van der Waals surface area contributed by atoms with Gasteiger partial charge in [-0.15, -0.1) is 0 Å². The number of carbonyl (C=O) groups is 3. The summed E-state index contributed by atoms with van der Waals surface area (Å²) in [6, 6.07) is 23.6. The number of rotatable bonds is 8. The molecule has 1 fully saturated rings. The van der Waals surface area contributed by atoms with Gasteiger partial charge in [0.25, 0.3) is 0 Å². The Morgan fingerprint density at radius 3 is 2.52 bits per heavy atom. The van der Waals surface area contributed by atoms with E-state index in [1.165, 1.54) is 23.1 Å². The molecule has 1 saturated heterocycles. The molecule has 0 radical (unpaired) electrons. The number of nitrogens with one attached hydrogen (secondary N) is 1. The number of halogens is 3. The van der Waals surface area contributed by atoms with E-state index >= 15 is 4.39 Å². The highest BCUT2D eigenvalue weighted by Gasteiger charge is 2.65. The zero-order valence-electron chi connectivity index (χ0n) is 25.1. The molecule has 46 heavy (non-hydrogen) atoms. The van der Waals surface area contributed by atoms with Gasteiger partial charge in [0.05, 0.1) is 17.5 Å². The predicted molar refractivity (Wildman–Crippen MR) is 176 cm³/mol. The number of ether oxygens (including phenoxy) is 1. The molecule has 4 aromatic carbocycles. The molecule has 0 saturated carbocycles. The SMILES string of the molecule is CCOc1cccc(CN2CC(C(=O)N(C)c3ccc(C(N)=O)cc3)[C@H](c3cccc(Cl)c3F)[C@]23C(=O)Nc2cc(Cl)ccc23)c1. The van der Waals surface area contributed by atoms with Crippen LogP contribution in [0, 0.1) is 11.7 Å². The maximum atomic E-state index is 16.1. The van der Waals surface area contributed by atoms with Crippen LogP contribution >= 0.6 is 23.2 Å². The topological polar surface area (TPSA) is 105 Å². The average Bonchev–Trinajstić information content (AvgIpc) is 3.52. The molecular formula is C35H31Cl2FN4O4. The summed E-state index contributed by atoms with van der Waals surface area (Å²) in [4.78, 5) is 44.1. The smallest absolute Gasteiger partial charge is 0.250 e. The second-order valence-corrected chi connectivity index (χ2v) is 12.3. The van der Waals surface area contributed by atoms with Gasteiger partial charge in [0.1, 0.15) is 17.1 Å². The number of primary amides is 1. The summed E-state index contributed by atoms with van der Waals surface area (Å²) in [5.41, 5.74) is 6.75. The van der Waals surface area contributed by atoms with E-state index in [0.717, 1.165) is 5.56 Å². The Balaban J connectivity index is 1.54. The van der Waals surface area contributed by atoms with E-state index in [-0.39, 0.29) is 29.6 Å². The summed E-state index contributed by atoms with van der Waals surface area (Å²) in [6.45, 7) is 2.72. The van der Waals surface area contributed by atoms with Crippen LogP contribution < -0.4 is 20.7 Å². The first kappa shape index (κ1) is 31.5. The normalized spacial score (nSPS) is 20.4. The van der Waals surface area contributed by atoms with E-state index in [1.807, 2.05) is 36.1 Å². The summed E-state index contributed by atoms with van der Waals surface area (Å²) in [7, 11) is 1.61. The number of likely N-dealkylation sites (tertiary alicyclic amines) is 1. The van der Waals surface area contributed by atoms with E-state index in [1.54, 1.807) is 49.5 Å². The van der Waals surface area contributed by atoms with Gasteiger partial charge in [-0.25, -0.2) is 4.39 Å². The van der Waals surface area contributed by atoms with Gasteiger partial charge in [-0.1, -0.05) is 53.5 Å². The Bertz CT molecular complexity index is 1850. The number of amides is 3. The standard InChI is InChI=1S/C35H31Cl2FN4O4/c1-3-46-24-7-4-6-20(16-24)18-42-19-26(33(44)41(2)23-13-10-21(11-14-23)32(39)43)30(25-8-5-9-28(37)31(25)38)35(42)27-15-12-22(36)17-29(27)40-34(35)45/h4-17,26,30H,3,18-19H2,1-2H3,(H2,39,43)(H,40,45)/t26?,30-,35+/m0/s1. The molecule has 11 heteroatoms. The Hall–Kier alpha value is -4.44. The van der Waals surface area contributed by atoms with Gasteiger partial charge in [-0.05, 0) is 72.6 Å². The molecule has 1 spiro atoms. The minimum absolute atomic E-state index is 0.105. The summed E-state index contributed by atoms with van der Waals surface area (Å²) in [5, 5.41) is 3.28. The first-order valence-electron chi connectivity index (χ1n) is 14.8. The lowest BCUT2D eigenvalue weighted by molar-refractivity contribution is -0.127. The quantitative estimate of drug-likeness (QED) is 0.229. The maximum Gasteiger partial charge on any atom is 0.250 e. The van der Waals surface area contributed by atoms with Crippen molar-refractivity contribution in [1.29, 1.82) is 0 Å². The summed E-state index contributed by atoms with van der Waals surface area (Å²) in [6.07, 6.45) is 0. The van der Waals surface area contributed by atoms with E-state index in [0.29, 0.717) is 39.9 Å². The van der Waals surface area contributed by atoms with Crippen molar-refractivity contribution >= 4 is 52.3 Å². The van der Waals surface area contributed by atoms with Gasteiger partial charge < -0.3 is 20.7 Å². The van der Waals surface area contributed by atoms with E-state index in [4.69, 9.17) is 33.7 Å². The number of nitrogens with two attached hydrogens (primary N) is 1. The fraction of sp³-hybridized carbons (Fsp3) is 0.229. The lowest BCUT2D eigenvalue weighted by atomic mass is 9.71. The van der Waals surface area contributed by atoms with E-state index in [2.05, 4.69) is 5.32 Å². The first-order chi connectivity index (χ1) is 22.1. The molecule has 3 N–H and O–H groups in total. The molecule has 0 aromatic heterocycles. The number of carbonyl (C=O) groups excluding carboxylic acids is 3. The average molecular weight is 662 g/mol. The van der Waals surface area contributed by atoms with E-state index < -0.39 is 35.0 Å². The molecule has 3 amide bonds. The zero-order valence-corrected chi connectivity index (χ0v) is 26.6. The van der Waals surface area contributed by atoms with Crippen LogP contribution in [0.15, 0.2) is 84.9 Å². The Labute approximate surface area is 275 Å². The van der Waals surface area contributed by atoms with Crippen molar-refractivity contribution in [3.05, 3.63) is 123 Å². The minimum Gasteiger partial charge on any atom is -0.494 e. The van der Waals surface area contributed by atoms with Gasteiger partial charge in [0.15, 0.2) is 0 Å². The minimum atomic E-state index is -1.51. The van der Waals surface area contributed by atoms with Crippen LogP contribution in [-0.4, -0.2) is 42.8 Å². The number of fused-ring (bicyclic) bond motifs is 2. The third-order valence-electron chi connectivity index (χ3n) is 8.84. The maximum absolute atomic E-state index is 16.1. The first-order valence-corrected chi connectivity index (χ1v) is 15.5. The molecule has 4 aromatic rings. The molecule has 0 bridgehead atoms. The fourth-order valence-electron chi connectivity index (χ4n) is 6.85. The number of nitrogens with zero attached hydrogens (tertiary/aromatic N) is 2. The molecule has 2 aliphatic heterocycles. The Morgan fingerprint density at radius 1 is 1.07 bits per heavy atom. The fourth-order valence-corrected chi connectivity index (χ4v) is 7.20. The molecule has 0 aliphatic carbocycles. The molecule has 8 nitrogen and oxygen atoms in total. The predicted octanol–water partition coefficient (Wildman–Crippen LogP) is 6.36. The molecule has 1 unspecified atom stereocenters. The molecule has 2 heterocycles. The summed E-state index contributed by atoms with van der Waals surface area (Å²) >= 11 is 12.7. The molecule has 2 aliphatic rings. The van der Waals surface area contributed by atoms with Crippen molar-refractivity contribution in [2.75, 3.05) is 30.4 Å². The highest BCUT2D eigenvalue weighted by Crippen LogP contribution is 2.58. The van der Waals surface area contributed by atoms with Crippen LogP contribution in [0.25, 0.3) is 0 Å². The van der Waals surface area contributed by atoms with Crippen LogP contribution in [0.1, 0.15) is 39.9 Å². The van der Waals surface area contributed by atoms with Crippen molar-refractivity contribution in [3.63, 3.8) is 0 Å². The van der Waals surface area contributed by atoms with Crippen LogP contribution in [0.5, 0.6) is 5.75 Å². The third kappa shape index (κ3) is 5.28. The van der Waals surface area contributed by atoms with Crippen LogP contribution in [-0.2, 0) is 21.7 Å². The molecule has 3 atom stereocenters. The highest BCUT2D eigenvalue weighted by atomic mass is 35.5. The van der Waals surface area contributed by atoms with Gasteiger partial charge in [0.2, 0.25) is 17.7 Å². The Morgan fingerprint density at radius 2 is 1.80 bits per heavy atom. The number of anilines is 2. The monoisotopic (exact) mass is 660 g/mol. The van der Waals surface area contributed by atoms with Crippen LogP contribution in [0.3, 0.4) is 0 Å². The lowest BCUT2D eigenvalue weighted by Crippen LogP contribution is -2.50. The van der Waals surface area contributed by atoms with Gasteiger partial charge in [-0.3, -0.25) is 19.3 Å². The number of hydrogen-bond donors (Lipinski definition) is 2. The molecule has 6 rings (SSSR count). The van der Waals surface area contributed by atoms with Crippen LogP contribution in [0.2, 0.25) is 10.0 Å². The van der Waals surface area contributed by atoms with Crippen molar-refractivity contribution in [2.45, 2.75) is 24.9 Å². The summed E-state index contributed by atoms with van der Waals surface area (Å²) < 4.78 is 21.9. The number of hydrogen-bond acceptors (Lipinski definition) is 5. The largest absolute Gasteiger partial charge is 0.494 e. The van der Waals surface area contributed by atoms with Crippen molar-refractivity contribution in [3.8, 4) is 5.75 Å². The third-order valence-corrected chi connectivity index (χ3v) is 9.37. The van der Waals surface area contributed by atoms with Crippen LogP contribution in [0.4, 0.5) is 15.8 Å².